The van der Waals surface area contributed by atoms with Crippen LogP contribution in [0.15, 0.2) is 77.9 Å². The molecule has 0 atom stereocenters. The van der Waals surface area contributed by atoms with Crippen LogP contribution in [0.4, 0.5) is 5.69 Å². The summed E-state index contributed by atoms with van der Waals surface area (Å²) in [5, 5.41) is 7.19. The summed E-state index contributed by atoms with van der Waals surface area (Å²) in [5.74, 6) is -1.98. The minimum Gasteiger partial charge on any atom is -0.423 e. The van der Waals surface area contributed by atoms with Crippen molar-refractivity contribution < 1.29 is 19.1 Å². The number of nitrogens with zero attached hydrogens (tertiary/aromatic N) is 1. The highest BCUT2D eigenvalue weighted by atomic mass is 35.5. The molecule has 0 aliphatic carbocycles. The molecule has 31 heavy (non-hydrogen) atoms. The van der Waals surface area contributed by atoms with Gasteiger partial charge >= 0.3 is 17.8 Å². The van der Waals surface area contributed by atoms with Crippen molar-refractivity contribution in [3.05, 3.63) is 94.0 Å². The van der Waals surface area contributed by atoms with E-state index in [4.69, 9.17) is 27.9 Å². The highest BCUT2D eigenvalue weighted by Gasteiger charge is 2.12. The molecule has 0 spiro atoms. The molecule has 2 N–H and O–H groups in total. The second kappa shape index (κ2) is 10.4. The molecule has 9 heteroatoms. The number of hydrogen-bond donors (Lipinski definition) is 2. The molecule has 7 nitrogen and oxygen atoms in total. The quantitative estimate of drug-likeness (QED) is 0.197. The van der Waals surface area contributed by atoms with Gasteiger partial charge in [0.2, 0.25) is 0 Å². The van der Waals surface area contributed by atoms with Gasteiger partial charge in [-0.15, -0.1) is 0 Å². The van der Waals surface area contributed by atoms with Crippen molar-refractivity contribution in [2.45, 2.75) is 0 Å². The Morgan fingerprint density at radius 3 is 1.97 bits per heavy atom. The van der Waals surface area contributed by atoms with Gasteiger partial charge in [0.15, 0.2) is 0 Å². The van der Waals surface area contributed by atoms with Crippen molar-refractivity contribution in [1.29, 1.82) is 0 Å². The average Bonchev–Trinajstić information content (AvgIpc) is 2.77. The summed E-state index contributed by atoms with van der Waals surface area (Å²) in [4.78, 5) is 35.7. The first-order valence-corrected chi connectivity index (χ1v) is 9.64. The predicted molar refractivity (Wildman–Crippen MR) is 119 cm³/mol. The number of rotatable bonds is 5. The number of anilines is 1. The molecule has 156 valence electrons. The third-order valence-corrected chi connectivity index (χ3v) is 4.36. The monoisotopic (exact) mass is 455 g/mol. The van der Waals surface area contributed by atoms with Gasteiger partial charge in [-0.1, -0.05) is 23.2 Å². The van der Waals surface area contributed by atoms with Gasteiger partial charge in [0.25, 0.3) is 0 Å². The zero-order chi connectivity index (χ0) is 22.2. The van der Waals surface area contributed by atoms with E-state index in [2.05, 4.69) is 15.8 Å². The van der Waals surface area contributed by atoms with E-state index in [1.807, 2.05) is 0 Å². The molecule has 0 aliphatic rings. The molecule has 0 aromatic heterocycles. The summed E-state index contributed by atoms with van der Waals surface area (Å²) in [7, 11) is 0. The van der Waals surface area contributed by atoms with E-state index in [-0.39, 0.29) is 0 Å². The largest absolute Gasteiger partial charge is 0.423 e. The van der Waals surface area contributed by atoms with Gasteiger partial charge < -0.3 is 10.1 Å². The highest BCUT2D eigenvalue weighted by Crippen LogP contribution is 2.16. The summed E-state index contributed by atoms with van der Waals surface area (Å²) >= 11 is 11.6. The Hall–Kier alpha value is -3.68. The minimum absolute atomic E-state index is 0.337. The lowest BCUT2D eigenvalue weighted by Gasteiger charge is -2.05. The van der Waals surface area contributed by atoms with Gasteiger partial charge in [-0.05, 0) is 78.4 Å². The van der Waals surface area contributed by atoms with Gasteiger partial charge in [-0.2, -0.15) is 5.10 Å². The Balaban J connectivity index is 1.50. The molecule has 0 radical (unpaired) electrons. The van der Waals surface area contributed by atoms with Gasteiger partial charge in [0.1, 0.15) is 5.75 Å². The average molecular weight is 456 g/mol. The topological polar surface area (TPSA) is 96.9 Å². The van der Waals surface area contributed by atoms with E-state index < -0.39 is 17.8 Å². The Bertz CT molecular complexity index is 1110. The van der Waals surface area contributed by atoms with Crippen LogP contribution in [-0.4, -0.2) is 24.0 Å². The van der Waals surface area contributed by atoms with E-state index in [0.717, 1.165) is 0 Å². The van der Waals surface area contributed by atoms with E-state index in [9.17, 15) is 14.4 Å². The zero-order valence-corrected chi connectivity index (χ0v) is 17.4. The molecule has 0 unspecified atom stereocenters. The maximum absolute atomic E-state index is 12.1. The fourth-order valence-corrected chi connectivity index (χ4v) is 2.56. The summed E-state index contributed by atoms with van der Waals surface area (Å²) in [6.07, 6.45) is 1.35. The van der Waals surface area contributed by atoms with Crippen molar-refractivity contribution in [1.82, 2.24) is 5.43 Å². The molecule has 0 bridgehead atoms. The normalized spacial score (nSPS) is 10.5. The maximum atomic E-state index is 12.1. The van der Waals surface area contributed by atoms with Gasteiger partial charge in [-0.3, -0.25) is 9.59 Å². The number of ether oxygens (including phenoxy) is 1. The van der Waals surface area contributed by atoms with Crippen LogP contribution in [0.5, 0.6) is 5.75 Å². The summed E-state index contributed by atoms with van der Waals surface area (Å²) in [6.45, 7) is 0. The Kier molecular flexibility index (Phi) is 7.37. The molecule has 0 aliphatic heterocycles. The van der Waals surface area contributed by atoms with Gasteiger partial charge in [0.05, 0.1) is 11.8 Å². The van der Waals surface area contributed by atoms with Gasteiger partial charge in [0, 0.05) is 15.7 Å². The lowest BCUT2D eigenvalue weighted by atomic mass is 10.2. The first-order chi connectivity index (χ1) is 14.9. The molecular formula is C22H15Cl2N3O4. The Morgan fingerprint density at radius 2 is 1.35 bits per heavy atom. The number of amides is 2. The van der Waals surface area contributed by atoms with Crippen molar-refractivity contribution in [3.8, 4) is 5.75 Å². The van der Waals surface area contributed by atoms with E-state index in [0.29, 0.717) is 32.6 Å². The molecule has 0 saturated heterocycles. The molecule has 0 heterocycles. The van der Waals surface area contributed by atoms with Crippen LogP contribution in [0.1, 0.15) is 15.9 Å². The van der Waals surface area contributed by atoms with Crippen LogP contribution >= 0.6 is 23.2 Å². The van der Waals surface area contributed by atoms with E-state index >= 15 is 0 Å². The third-order valence-electron chi connectivity index (χ3n) is 3.86. The van der Waals surface area contributed by atoms with Crippen molar-refractivity contribution in [3.63, 3.8) is 0 Å². The van der Waals surface area contributed by atoms with Crippen LogP contribution in [0.3, 0.4) is 0 Å². The molecular weight excluding hydrogens is 441 g/mol. The molecule has 0 saturated carbocycles. The fraction of sp³-hybridized carbons (Fsp3) is 0. The SMILES string of the molecule is O=C(NN=Cc1ccc(OC(=O)c2ccc(Cl)cc2)cc1)C(=O)Nc1ccc(Cl)cc1. The van der Waals surface area contributed by atoms with Crippen LogP contribution in [0.25, 0.3) is 0 Å². The Labute approximate surface area is 187 Å². The van der Waals surface area contributed by atoms with Crippen LogP contribution in [-0.2, 0) is 9.59 Å². The summed E-state index contributed by atoms with van der Waals surface area (Å²) in [6, 6.07) is 19.1. The summed E-state index contributed by atoms with van der Waals surface area (Å²) < 4.78 is 5.28. The second-order valence-electron chi connectivity index (χ2n) is 6.13. The molecule has 3 rings (SSSR count). The number of hydrazone groups is 1. The number of halogens is 2. The van der Waals surface area contributed by atoms with Crippen molar-refractivity contribution in [2.75, 3.05) is 5.32 Å². The predicted octanol–water partition coefficient (Wildman–Crippen LogP) is 4.30. The Morgan fingerprint density at radius 1 is 0.774 bits per heavy atom. The number of carbonyl (C=O) groups excluding carboxylic acids is 3. The van der Waals surface area contributed by atoms with Crippen LogP contribution in [0.2, 0.25) is 10.0 Å². The molecule has 2 amide bonds. The van der Waals surface area contributed by atoms with Gasteiger partial charge in [-0.25, -0.2) is 10.2 Å². The standard InChI is InChI=1S/C22H15Cl2N3O4/c23-16-5-3-15(4-6-16)22(30)31-19-11-1-14(2-12-19)13-25-27-21(29)20(28)26-18-9-7-17(24)8-10-18/h1-13H,(H,26,28)(H,27,29). The molecule has 3 aromatic rings. The van der Waals surface area contributed by atoms with E-state index in [1.54, 1.807) is 72.8 Å². The number of esters is 1. The smallest absolute Gasteiger partial charge is 0.343 e. The number of benzene rings is 3. The summed E-state index contributed by atoms with van der Waals surface area (Å²) in [5.41, 5.74) is 3.55. The minimum atomic E-state index is -0.931. The fourth-order valence-electron chi connectivity index (χ4n) is 2.31. The number of nitrogens with one attached hydrogen (secondary N) is 2. The first-order valence-electron chi connectivity index (χ1n) is 8.88. The lowest BCUT2D eigenvalue weighted by molar-refractivity contribution is -0.136. The highest BCUT2D eigenvalue weighted by molar-refractivity contribution is 6.39. The van der Waals surface area contributed by atoms with Crippen molar-refractivity contribution in [2.24, 2.45) is 5.10 Å². The number of hydrogen-bond acceptors (Lipinski definition) is 5. The first kappa shape index (κ1) is 22.0. The third kappa shape index (κ3) is 6.67. The maximum Gasteiger partial charge on any atom is 0.343 e. The van der Waals surface area contributed by atoms with Crippen LogP contribution in [0, 0.1) is 0 Å². The zero-order valence-electron chi connectivity index (χ0n) is 15.8. The second-order valence-corrected chi connectivity index (χ2v) is 7.00. The van der Waals surface area contributed by atoms with Crippen LogP contribution < -0.4 is 15.5 Å². The lowest BCUT2D eigenvalue weighted by Crippen LogP contribution is -2.32. The molecule has 0 fully saturated rings. The van der Waals surface area contributed by atoms with Crippen molar-refractivity contribution >= 4 is 52.9 Å². The molecule has 3 aromatic carbocycles. The number of carbonyl (C=O) groups is 3. The van der Waals surface area contributed by atoms with E-state index in [1.165, 1.54) is 6.21 Å².